The molecule has 0 aliphatic rings. The second kappa shape index (κ2) is 7.84. The lowest BCUT2D eigenvalue weighted by Crippen LogP contribution is -2.12. The molecule has 0 heterocycles. The van der Waals surface area contributed by atoms with Crippen LogP contribution in [0, 0.1) is 0 Å². The Balaban J connectivity index is 3.31. The average molecular weight is 231 g/mol. The predicted molar refractivity (Wildman–Crippen MR) is 57.0 cm³/mol. The van der Waals surface area contributed by atoms with E-state index in [0.29, 0.717) is 0 Å². The summed E-state index contributed by atoms with van der Waals surface area (Å²) in [5, 5.41) is 0. The molecule has 0 spiro atoms. The second-order valence-electron chi connectivity index (χ2n) is 2.99. The number of hydrogen-bond acceptors (Lipinski definition) is 1. The van der Waals surface area contributed by atoms with Gasteiger partial charge < -0.3 is 0 Å². The minimum atomic E-state index is -0.0145. The van der Waals surface area contributed by atoms with E-state index in [0.717, 1.165) is 12.8 Å². The van der Waals surface area contributed by atoms with E-state index < -0.39 is 0 Å². The van der Waals surface area contributed by atoms with Crippen LogP contribution >= 0.6 is 15.9 Å². The van der Waals surface area contributed by atoms with Crippen LogP contribution in [0.5, 0.6) is 0 Å². The Morgan fingerprint density at radius 1 is 1.42 bits per heavy atom. The molecule has 0 aromatic heterocycles. The van der Waals surface area contributed by atoms with Crippen molar-refractivity contribution in [2.24, 2.45) is 0 Å². The van der Waals surface area contributed by atoms with Crippen LogP contribution in [0.25, 0.3) is 0 Å². The van der Waals surface area contributed by atoms with Crippen molar-refractivity contribution in [2.75, 3.05) is 0 Å². The van der Waals surface area contributed by atoms with Crippen LogP contribution in [0.2, 0.25) is 6.32 Å². The molecule has 0 saturated carbocycles. The van der Waals surface area contributed by atoms with Gasteiger partial charge in [0.15, 0.2) is 0 Å². The number of rotatable bonds is 7. The molecule has 0 N–H and O–H groups in total. The number of carbonyl (C=O) groups excluding carboxylic acids is 1. The van der Waals surface area contributed by atoms with Gasteiger partial charge in [-0.15, -0.1) is 0 Å². The van der Waals surface area contributed by atoms with E-state index in [9.17, 15) is 4.79 Å². The smallest absolute Gasteiger partial charge is 0.137 e. The van der Waals surface area contributed by atoms with Gasteiger partial charge in [-0.1, -0.05) is 48.5 Å². The number of halogens is 1. The van der Waals surface area contributed by atoms with Gasteiger partial charge in [0.2, 0.25) is 0 Å². The minimum absolute atomic E-state index is 0.0145. The second-order valence-corrected chi connectivity index (χ2v) is 4.09. The molecule has 0 aromatic rings. The van der Waals surface area contributed by atoms with Crippen molar-refractivity contribution < 1.29 is 4.79 Å². The van der Waals surface area contributed by atoms with E-state index in [4.69, 9.17) is 7.85 Å². The highest BCUT2D eigenvalue weighted by Crippen LogP contribution is 2.13. The maximum Gasteiger partial charge on any atom is 0.137 e. The summed E-state index contributed by atoms with van der Waals surface area (Å²) in [5.74, 6) is 0.117. The number of hydrogen-bond donors (Lipinski definition) is 0. The number of carbonyl (C=O) groups is 1. The number of Topliss-reactive ketones (excluding diaryl/α,β-unsaturated/α-hetero) is 1. The Hall–Kier alpha value is 0.215. The van der Waals surface area contributed by atoms with Gasteiger partial charge in [0, 0.05) is 0 Å². The lowest BCUT2D eigenvalue weighted by atomic mass is 9.97. The van der Waals surface area contributed by atoms with E-state index in [1.54, 1.807) is 0 Å². The van der Waals surface area contributed by atoms with Gasteiger partial charge in [0.05, 0.1) is 12.7 Å². The molecule has 0 fully saturated rings. The van der Waals surface area contributed by atoms with Crippen LogP contribution in [0.4, 0.5) is 0 Å². The molecule has 3 heteroatoms. The minimum Gasteiger partial charge on any atom is -0.299 e. The van der Waals surface area contributed by atoms with E-state index in [2.05, 4.69) is 22.9 Å². The molecule has 1 unspecified atom stereocenters. The molecule has 0 aromatic carbocycles. The Labute approximate surface area is 84.8 Å². The van der Waals surface area contributed by atoms with E-state index >= 15 is 0 Å². The van der Waals surface area contributed by atoms with Gasteiger partial charge in [0.25, 0.3) is 0 Å². The maximum absolute atomic E-state index is 11.0. The highest BCUT2D eigenvalue weighted by Gasteiger charge is 2.10. The largest absolute Gasteiger partial charge is 0.299 e. The Morgan fingerprint density at radius 3 is 2.58 bits per heavy atom. The number of unbranched alkanes of at least 4 members (excludes halogenated alkanes) is 3. The summed E-state index contributed by atoms with van der Waals surface area (Å²) in [5.41, 5.74) is 0. The summed E-state index contributed by atoms with van der Waals surface area (Å²) in [4.78, 5) is 11.0. The van der Waals surface area contributed by atoms with Crippen LogP contribution in [0.15, 0.2) is 0 Å². The molecule has 1 atom stereocenters. The average Bonchev–Trinajstić information content (AvgIpc) is 2.10. The fourth-order valence-electron chi connectivity index (χ4n) is 1.04. The van der Waals surface area contributed by atoms with E-state index in [1.807, 2.05) is 0 Å². The van der Waals surface area contributed by atoms with Gasteiger partial charge in [-0.25, -0.2) is 0 Å². The summed E-state index contributed by atoms with van der Waals surface area (Å²) in [6.07, 6.45) is 5.92. The van der Waals surface area contributed by atoms with Crippen LogP contribution in [-0.2, 0) is 4.79 Å². The summed E-state index contributed by atoms with van der Waals surface area (Å²) in [6.45, 7) is 2.18. The van der Waals surface area contributed by atoms with E-state index in [1.165, 1.54) is 19.3 Å². The first-order valence-corrected chi connectivity index (χ1v) is 5.50. The first-order valence-electron chi connectivity index (χ1n) is 4.59. The zero-order chi connectivity index (χ0) is 9.40. The lowest BCUT2D eigenvalue weighted by Gasteiger charge is -2.06. The summed E-state index contributed by atoms with van der Waals surface area (Å²) >= 11 is 3.33. The Morgan fingerprint density at radius 2 is 2.08 bits per heavy atom. The van der Waals surface area contributed by atoms with Crippen molar-refractivity contribution in [1.82, 2.24) is 0 Å². The maximum atomic E-state index is 11.0. The van der Waals surface area contributed by atoms with Gasteiger partial charge >= 0.3 is 0 Å². The Kier molecular flexibility index (Phi) is 7.98. The van der Waals surface area contributed by atoms with Crippen LogP contribution < -0.4 is 0 Å². The molecule has 2 radical (unpaired) electrons. The first kappa shape index (κ1) is 12.2. The Bertz CT molecular complexity index is 128. The summed E-state index contributed by atoms with van der Waals surface area (Å²) in [6, 6.07) is 0. The molecule has 0 amide bonds. The highest BCUT2D eigenvalue weighted by molar-refractivity contribution is 9.10. The van der Waals surface area contributed by atoms with Crippen molar-refractivity contribution in [1.29, 1.82) is 0 Å². The van der Waals surface area contributed by atoms with Crippen LogP contribution in [0.1, 0.15) is 39.0 Å². The number of ketones is 1. The monoisotopic (exact) mass is 230 g/mol. The highest BCUT2D eigenvalue weighted by atomic mass is 79.9. The zero-order valence-electron chi connectivity index (χ0n) is 7.68. The molecule has 0 aliphatic carbocycles. The molecule has 0 bridgehead atoms. The predicted octanol–water partition coefficient (Wildman–Crippen LogP) is 2.88. The number of alkyl halides is 1. The zero-order valence-corrected chi connectivity index (χ0v) is 9.27. The van der Waals surface area contributed by atoms with Gasteiger partial charge in [-0.05, 0) is 12.7 Å². The van der Waals surface area contributed by atoms with E-state index in [-0.39, 0.29) is 16.9 Å². The van der Waals surface area contributed by atoms with Gasteiger partial charge in [-0.2, -0.15) is 0 Å². The molecule has 0 rings (SSSR count). The quantitative estimate of drug-likeness (QED) is 0.374. The molecule has 0 saturated heterocycles. The lowest BCUT2D eigenvalue weighted by molar-refractivity contribution is -0.116. The van der Waals surface area contributed by atoms with Crippen molar-refractivity contribution >= 4 is 29.6 Å². The third kappa shape index (κ3) is 5.81. The van der Waals surface area contributed by atoms with Crippen molar-refractivity contribution in [2.45, 2.75) is 50.2 Å². The topological polar surface area (TPSA) is 17.1 Å². The fraction of sp³-hybridized carbons (Fsp3) is 0.889. The fourth-order valence-corrected chi connectivity index (χ4v) is 1.55. The molecular formula is C9H16BBrO. The SMILES string of the molecule is [B]CC(=O)C(Br)CCCCCC. The summed E-state index contributed by atoms with van der Waals surface area (Å²) < 4.78 is 0. The van der Waals surface area contributed by atoms with Gasteiger partial charge in [-0.3, -0.25) is 4.79 Å². The third-order valence-electron chi connectivity index (χ3n) is 1.86. The van der Waals surface area contributed by atoms with Gasteiger partial charge in [0.1, 0.15) is 5.78 Å². The van der Waals surface area contributed by atoms with Crippen molar-refractivity contribution in [3.05, 3.63) is 0 Å². The molecule has 12 heavy (non-hydrogen) atoms. The molecule has 0 aliphatic heterocycles. The molecule has 68 valence electrons. The van der Waals surface area contributed by atoms with Crippen molar-refractivity contribution in [3.63, 3.8) is 0 Å². The van der Waals surface area contributed by atoms with Crippen LogP contribution in [-0.4, -0.2) is 18.5 Å². The van der Waals surface area contributed by atoms with Crippen LogP contribution in [0.3, 0.4) is 0 Å². The molecular weight excluding hydrogens is 215 g/mol. The third-order valence-corrected chi connectivity index (χ3v) is 2.83. The standard InChI is InChI=1S/C9H16BBrO/c1-2-3-4-5-6-8(11)9(12)7-10/h8H,2-7H2,1H3. The molecule has 1 nitrogen and oxygen atoms in total. The van der Waals surface area contributed by atoms with Crippen molar-refractivity contribution in [3.8, 4) is 0 Å². The first-order chi connectivity index (χ1) is 5.72. The normalized spacial score (nSPS) is 12.8. The summed E-state index contributed by atoms with van der Waals surface area (Å²) in [7, 11) is 5.22.